The van der Waals surface area contributed by atoms with Gasteiger partial charge in [0.05, 0.1) is 0 Å². The van der Waals surface area contributed by atoms with Crippen molar-refractivity contribution < 1.29 is 0 Å². The lowest BCUT2D eigenvalue weighted by atomic mass is 9.78. The van der Waals surface area contributed by atoms with Gasteiger partial charge in [0.15, 0.2) is 0 Å². The van der Waals surface area contributed by atoms with E-state index in [0.29, 0.717) is 5.41 Å². The first-order valence-corrected chi connectivity index (χ1v) is 30.7. The highest BCUT2D eigenvalue weighted by atomic mass is 14.4. The molecule has 10 rings (SSSR count). The van der Waals surface area contributed by atoms with Crippen LogP contribution in [0.5, 0.6) is 0 Å². The average Bonchev–Trinajstić information content (AvgIpc) is 4.16. The average molecular weight is 894 g/mol. The second-order valence-corrected chi connectivity index (χ2v) is 26.7. The van der Waals surface area contributed by atoms with Crippen LogP contribution in [-0.2, 0) is 0 Å². The lowest BCUT2D eigenvalue weighted by molar-refractivity contribution is 0.244. The van der Waals surface area contributed by atoms with Gasteiger partial charge in [0.2, 0.25) is 0 Å². The molecule has 0 aliphatic heterocycles. The van der Waals surface area contributed by atoms with Crippen molar-refractivity contribution in [1.29, 1.82) is 0 Å². The molecule has 0 N–H and O–H groups in total. The van der Waals surface area contributed by atoms with Crippen LogP contribution >= 0.6 is 0 Å². The van der Waals surface area contributed by atoms with Gasteiger partial charge in [-0.05, 0) is 152 Å². The highest BCUT2D eigenvalue weighted by molar-refractivity contribution is 4.89. The largest absolute Gasteiger partial charge is 0.0654 e. The number of rotatable bonds is 3. The minimum absolute atomic E-state index is 0.679. The Labute approximate surface area is 407 Å². The Hall–Kier alpha value is 0. The lowest BCUT2D eigenvalue weighted by Gasteiger charge is -2.28. The molecule has 0 radical (unpaired) electrons. The number of hydrogen-bond acceptors (Lipinski definition) is 0. The van der Waals surface area contributed by atoms with Crippen LogP contribution in [0.3, 0.4) is 0 Å². The van der Waals surface area contributed by atoms with Crippen molar-refractivity contribution in [3.05, 3.63) is 0 Å². The molecule has 10 aliphatic rings. The third kappa shape index (κ3) is 25.0. The third-order valence-corrected chi connectivity index (χ3v) is 20.1. The van der Waals surface area contributed by atoms with Gasteiger partial charge in [-0.25, -0.2) is 0 Å². The van der Waals surface area contributed by atoms with Crippen LogP contribution in [0.4, 0.5) is 0 Å². The molecule has 0 nitrogen and oxygen atoms in total. The summed E-state index contributed by atoms with van der Waals surface area (Å²) >= 11 is 0. The molecule has 10 fully saturated rings. The Morgan fingerprint density at radius 1 is 0.344 bits per heavy atom. The van der Waals surface area contributed by atoms with Crippen LogP contribution in [0.15, 0.2) is 0 Å². The third-order valence-electron chi connectivity index (χ3n) is 20.1. The van der Waals surface area contributed by atoms with Gasteiger partial charge in [-0.3, -0.25) is 0 Å². The minimum atomic E-state index is 0.679. The SMILES string of the molecule is CC1(C)CCCCC1.CC1C2CCC1CC2.CC1CCC(C)CC1.CC1CCCC[C@H]1C.CC1CCC[C@@H](C)C1.CCC1CCCCC1.CCCC1CCCC1.C[C@H]1CC2CCC1C2. The Morgan fingerprint density at radius 2 is 0.781 bits per heavy atom. The maximum Gasteiger partial charge on any atom is -0.0354 e. The van der Waals surface area contributed by atoms with E-state index in [-0.39, 0.29) is 0 Å². The highest BCUT2D eigenvalue weighted by Crippen LogP contribution is 2.49. The zero-order valence-electron chi connectivity index (χ0n) is 46.7. The molecule has 10 saturated carbocycles. The molecule has 7 atom stereocenters. The van der Waals surface area contributed by atoms with Gasteiger partial charge in [-0.1, -0.05) is 256 Å². The molecule has 0 heterocycles. The molecule has 0 saturated heterocycles. The van der Waals surface area contributed by atoms with Crippen LogP contribution in [0, 0.1) is 88.3 Å². The van der Waals surface area contributed by atoms with Crippen LogP contribution in [0.2, 0.25) is 0 Å². The topological polar surface area (TPSA) is 0 Å². The van der Waals surface area contributed by atoms with Gasteiger partial charge >= 0.3 is 0 Å². The van der Waals surface area contributed by atoms with Gasteiger partial charge in [-0.2, -0.15) is 0 Å². The van der Waals surface area contributed by atoms with Crippen molar-refractivity contribution in [2.75, 3.05) is 0 Å². The van der Waals surface area contributed by atoms with Crippen molar-refractivity contribution >= 4 is 0 Å². The van der Waals surface area contributed by atoms with E-state index in [4.69, 9.17) is 0 Å². The van der Waals surface area contributed by atoms with E-state index in [9.17, 15) is 0 Å². The molecule has 0 spiro atoms. The van der Waals surface area contributed by atoms with E-state index in [1.807, 2.05) is 0 Å². The summed E-state index contributed by atoms with van der Waals surface area (Å²) in [6.45, 7) is 28.5. The van der Waals surface area contributed by atoms with E-state index in [2.05, 4.69) is 83.1 Å². The van der Waals surface area contributed by atoms with E-state index in [0.717, 1.165) is 82.9 Å². The highest BCUT2D eigenvalue weighted by Gasteiger charge is 2.38. The van der Waals surface area contributed by atoms with Crippen molar-refractivity contribution in [2.24, 2.45) is 88.3 Å². The molecular formula is C64H124. The van der Waals surface area contributed by atoms with Gasteiger partial charge < -0.3 is 0 Å². The second-order valence-electron chi connectivity index (χ2n) is 26.7. The van der Waals surface area contributed by atoms with Gasteiger partial charge in [0.1, 0.15) is 0 Å². The van der Waals surface area contributed by atoms with Crippen LogP contribution in [0.25, 0.3) is 0 Å². The Balaban J connectivity index is 0.000000194. The van der Waals surface area contributed by atoms with E-state index in [1.165, 1.54) is 186 Å². The first-order valence-electron chi connectivity index (χ1n) is 30.7. The summed E-state index contributed by atoms with van der Waals surface area (Å²) in [6.07, 6.45) is 55.3. The smallest absolute Gasteiger partial charge is 0.0354 e. The Morgan fingerprint density at radius 3 is 1.06 bits per heavy atom. The molecule has 0 heteroatoms. The molecule has 380 valence electrons. The minimum Gasteiger partial charge on any atom is -0.0654 e. The standard InChI is InChI=1S/2C8H14.6C8H16/c1-6-4-7-2-3-8(6)5-7;1-6-7-2-3-8(6)5-4-7;1-7-3-5-8(2)6-4-7;1-7-4-3-5-8(2)6-7;1-8(2)6-4-3-5-7-8;1-7-5-3-4-6-8(7)2;1-2-8-6-4-3-5-7-8;1-2-5-8-6-3-4-7-8/h2*6-8H,2-5H2,1H3;2*7-8H,3-6H2,1-2H3;3-7H2,1-2H3;7-8H,3-6H2,1-2H3;2*8H,2-7H2,1H3/t6-,7?,8?;;;7-,8?;;7-,8?;;/m0..1.1../s1. The molecule has 64 heavy (non-hydrogen) atoms. The predicted molar refractivity (Wildman–Crippen MR) is 290 cm³/mol. The number of hydrogen-bond donors (Lipinski definition) is 0. The first-order chi connectivity index (χ1) is 30.7. The van der Waals surface area contributed by atoms with Crippen molar-refractivity contribution in [3.8, 4) is 0 Å². The first kappa shape index (κ1) is 58.3. The Bertz CT molecular complexity index is 1000. The quantitative estimate of drug-likeness (QED) is 0.265. The fourth-order valence-electron chi connectivity index (χ4n) is 14.6. The van der Waals surface area contributed by atoms with E-state index >= 15 is 0 Å². The maximum atomic E-state index is 2.44. The molecule has 0 aromatic heterocycles. The van der Waals surface area contributed by atoms with Crippen molar-refractivity contribution in [1.82, 2.24) is 0 Å². The summed E-state index contributed by atoms with van der Waals surface area (Å²) in [5, 5.41) is 0. The molecule has 0 aromatic rings. The lowest BCUT2D eigenvalue weighted by Crippen LogP contribution is -2.14. The second kappa shape index (κ2) is 33.5. The monoisotopic (exact) mass is 893 g/mol. The van der Waals surface area contributed by atoms with Crippen molar-refractivity contribution in [3.63, 3.8) is 0 Å². The summed E-state index contributed by atoms with van der Waals surface area (Å²) in [4.78, 5) is 0. The molecule has 0 amide bonds. The molecule has 10 aliphatic carbocycles. The van der Waals surface area contributed by atoms with Crippen LogP contribution in [-0.4, -0.2) is 0 Å². The maximum absolute atomic E-state index is 2.44. The molecule has 4 unspecified atom stereocenters. The molecule has 4 bridgehead atoms. The van der Waals surface area contributed by atoms with Crippen LogP contribution in [0.1, 0.15) is 321 Å². The zero-order valence-corrected chi connectivity index (χ0v) is 46.7. The Kier molecular flexibility index (Phi) is 30.5. The fraction of sp³-hybridized carbons (Fsp3) is 1.00. The molecular weight excluding hydrogens is 769 g/mol. The van der Waals surface area contributed by atoms with Crippen LogP contribution < -0.4 is 0 Å². The normalized spacial score (nSPS) is 37.3. The van der Waals surface area contributed by atoms with E-state index in [1.54, 1.807) is 51.4 Å². The summed E-state index contributed by atoms with van der Waals surface area (Å²) in [5.74, 6) is 15.0. The van der Waals surface area contributed by atoms with Gasteiger partial charge in [0.25, 0.3) is 0 Å². The van der Waals surface area contributed by atoms with Gasteiger partial charge in [-0.15, -0.1) is 0 Å². The molecule has 0 aromatic carbocycles. The summed E-state index contributed by atoms with van der Waals surface area (Å²) in [7, 11) is 0. The summed E-state index contributed by atoms with van der Waals surface area (Å²) < 4.78 is 0. The number of fused-ring (bicyclic) bond motifs is 4. The fourth-order valence-corrected chi connectivity index (χ4v) is 14.6. The zero-order chi connectivity index (χ0) is 46.7. The van der Waals surface area contributed by atoms with Gasteiger partial charge in [0, 0.05) is 0 Å². The summed E-state index contributed by atoms with van der Waals surface area (Å²) in [5.41, 5.74) is 0.679. The van der Waals surface area contributed by atoms with Crippen molar-refractivity contribution in [2.45, 2.75) is 321 Å². The predicted octanol–water partition coefficient (Wildman–Crippen LogP) is 22.3. The van der Waals surface area contributed by atoms with E-state index < -0.39 is 0 Å². The summed E-state index contributed by atoms with van der Waals surface area (Å²) in [6, 6.07) is 0.